The summed E-state index contributed by atoms with van der Waals surface area (Å²) in [5.41, 5.74) is 10.7. The monoisotopic (exact) mass is 623 g/mol. The normalized spacial score (nSPS) is 20.9. The molecule has 0 amide bonds. The Hall–Kier alpha value is -3.16. The van der Waals surface area contributed by atoms with Crippen LogP contribution in [0.5, 0.6) is 0 Å². The van der Waals surface area contributed by atoms with Crippen molar-refractivity contribution in [3.8, 4) is 0 Å². The molecule has 1 N–H and O–H groups in total. The molecule has 252 valence electrons. The number of aliphatic hydroxyl groups excluding tert-OH is 1. The van der Waals surface area contributed by atoms with Gasteiger partial charge in [-0.05, 0) is 112 Å². The van der Waals surface area contributed by atoms with Crippen molar-refractivity contribution in [1.82, 2.24) is 0 Å². The Morgan fingerprint density at radius 2 is 1.24 bits per heavy atom. The van der Waals surface area contributed by atoms with E-state index in [4.69, 9.17) is 0 Å². The van der Waals surface area contributed by atoms with Crippen LogP contribution in [0.15, 0.2) is 142 Å². The largest absolute Gasteiger partial charge is 0.392 e. The number of hydrogen-bond acceptors (Lipinski definition) is 1. The fourth-order valence-corrected chi connectivity index (χ4v) is 5.67. The zero-order valence-corrected chi connectivity index (χ0v) is 31.3. The third kappa shape index (κ3) is 17.5. The number of hydrogen-bond donors (Lipinski definition) is 1. The molecule has 2 unspecified atom stereocenters. The molecule has 0 aromatic carbocycles. The molecule has 0 fully saturated rings. The van der Waals surface area contributed by atoms with E-state index in [0.29, 0.717) is 11.8 Å². The van der Waals surface area contributed by atoms with Crippen LogP contribution < -0.4 is 0 Å². The van der Waals surface area contributed by atoms with Crippen molar-refractivity contribution < 1.29 is 5.11 Å². The molecule has 1 heteroatoms. The minimum Gasteiger partial charge on any atom is -0.392 e. The second-order valence-corrected chi connectivity index (χ2v) is 14.2. The van der Waals surface area contributed by atoms with E-state index in [9.17, 15) is 5.11 Å². The average molecular weight is 623 g/mol. The molecule has 1 aliphatic rings. The van der Waals surface area contributed by atoms with E-state index in [2.05, 4.69) is 166 Å². The fourth-order valence-electron chi connectivity index (χ4n) is 5.67. The van der Waals surface area contributed by atoms with Crippen LogP contribution >= 0.6 is 0 Å². The second kappa shape index (κ2) is 22.4. The van der Waals surface area contributed by atoms with Crippen molar-refractivity contribution in [3.05, 3.63) is 142 Å². The molecule has 0 heterocycles. The lowest BCUT2D eigenvalue weighted by Gasteiger charge is -2.43. The topological polar surface area (TPSA) is 20.2 Å². The van der Waals surface area contributed by atoms with E-state index in [1.165, 1.54) is 39.0 Å². The Bertz CT molecular complexity index is 1310. The van der Waals surface area contributed by atoms with Gasteiger partial charge in [0.25, 0.3) is 0 Å². The smallest absolute Gasteiger partial charge is 0.0639 e. The molecule has 0 radical (unpaired) electrons. The molecule has 0 spiro atoms. The van der Waals surface area contributed by atoms with Gasteiger partial charge in [-0.2, -0.15) is 0 Å². The van der Waals surface area contributed by atoms with Crippen molar-refractivity contribution in [2.24, 2.45) is 17.3 Å². The summed E-state index contributed by atoms with van der Waals surface area (Å²) in [5, 5.41) is 9.39. The van der Waals surface area contributed by atoms with Crippen LogP contribution in [-0.2, 0) is 0 Å². The SMILES string of the molecule is CC(C)=CCCC(C)=CCCC(C)=CC=CC(C)=CC=CC=C(C)C=CC=C(C)C=CC1C(C)=CCC(CC=C(C)CO)C1(C)C. The molecule has 0 aliphatic heterocycles. The van der Waals surface area contributed by atoms with E-state index in [1.54, 1.807) is 0 Å². The molecule has 0 saturated carbocycles. The summed E-state index contributed by atoms with van der Waals surface area (Å²) in [7, 11) is 0. The first-order chi connectivity index (χ1) is 21.8. The first kappa shape index (κ1) is 40.9. The maximum absolute atomic E-state index is 9.39. The van der Waals surface area contributed by atoms with Crippen molar-refractivity contribution in [2.75, 3.05) is 6.61 Å². The molecule has 0 aromatic rings. The summed E-state index contributed by atoms with van der Waals surface area (Å²) in [6.45, 7) is 24.5. The molecule has 1 aliphatic carbocycles. The van der Waals surface area contributed by atoms with E-state index in [0.717, 1.165) is 44.1 Å². The average Bonchev–Trinajstić information content (AvgIpc) is 2.98. The number of aliphatic hydroxyl groups is 1. The van der Waals surface area contributed by atoms with Crippen molar-refractivity contribution in [1.29, 1.82) is 0 Å². The molecule has 2 atom stereocenters. The lowest BCUT2D eigenvalue weighted by atomic mass is 9.61. The Labute approximate surface area is 284 Å². The lowest BCUT2D eigenvalue weighted by Crippen LogP contribution is -2.35. The first-order valence-electron chi connectivity index (χ1n) is 17.4. The fraction of sp³-hybridized carbons (Fsp3) is 0.467. The molecule has 0 aromatic heterocycles. The zero-order valence-electron chi connectivity index (χ0n) is 31.3. The van der Waals surface area contributed by atoms with Gasteiger partial charge in [0.2, 0.25) is 0 Å². The summed E-state index contributed by atoms with van der Waals surface area (Å²) < 4.78 is 0. The second-order valence-electron chi connectivity index (χ2n) is 14.2. The van der Waals surface area contributed by atoms with Crippen molar-refractivity contribution in [3.63, 3.8) is 0 Å². The number of allylic oxidation sites excluding steroid dienone is 23. The minimum atomic E-state index is 0.149. The van der Waals surface area contributed by atoms with Crippen molar-refractivity contribution >= 4 is 0 Å². The molecule has 1 rings (SSSR count). The Kier molecular flexibility index (Phi) is 19.9. The Morgan fingerprint density at radius 3 is 1.85 bits per heavy atom. The van der Waals surface area contributed by atoms with E-state index in [1.807, 2.05) is 6.92 Å². The van der Waals surface area contributed by atoms with Gasteiger partial charge in [-0.15, -0.1) is 0 Å². The zero-order chi connectivity index (χ0) is 34.5. The van der Waals surface area contributed by atoms with Crippen LogP contribution in [-0.4, -0.2) is 11.7 Å². The molecule has 0 saturated heterocycles. The summed E-state index contributed by atoms with van der Waals surface area (Å²) in [6, 6.07) is 0. The van der Waals surface area contributed by atoms with E-state index >= 15 is 0 Å². The molecule has 0 bridgehead atoms. The first-order valence-corrected chi connectivity index (χ1v) is 17.4. The van der Waals surface area contributed by atoms with Gasteiger partial charge in [-0.25, -0.2) is 0 Å². The van der Waals surface area contributed by atoms with Crippen LogP contribution in [0.3, 0.4) is 0 Å². The van der Waals surface area contributed by atoms with Gasteiger partial charge in [0, 0.05) is 5.92 Å². The maximum atomic E-state index is 9.39. The van der Waals surface area contributed by atoms with E-state index < -0.39 is 0 Å². The van der Waals surface area contributed by atoms with Gasteiger partial charge < -0.3 is 5.11 Å². The summed E-state index contributed by atoms with van der Waals surface area (Å²) in [5.74, 6) is 0.988. The highest BCUT2D eigenvalue weighted by Crippen LogP contribution is 2.47. The Balaban J connectivity index is 2.63. The molecule has 1 nitrogen and oxygen atoms in total. The summed E-state index contributed by atoms with van der Waals surface area (Å²) in [6.07, 6.45) is 42.2. The molecular weight excluding hydrogens is 556 g/mol. The number of rotatable bonds is 17. The highest BCUT2D eigenvalue weighted by atomic mass is 16.3. The lowest BCUT2D eigenvalue weighted by molar-refractivity contribution is 0.154. The quantitative estimate of drug-likeness (QED) is 0.126. The van der Waals surface area contributed by atoms with E-state index in [-0.39, 0.29) is 12.0 Å². The van der Waals surface area contributed by atoms with Crippen LogP contribution in [0.2, 0.25) is 0 Å². The highest BCUT2D eigenvalue weighted by molar-refractivity contribution is 5.32. The predicted molar refractivity (Wildman–Crippen MR) is 208 cm³/mol. The van der Waals surface area contributed by atoms with Crippen molar-refractivity contribution in [2.45, 2.75) is 115 Å². The molecule has 46 heavy (non-hydrogen) atoms. The third-order valence-electron chi connectivity index (χ3n) is 9.03. The summed E-state index contributed by atoms with van der Waals surface area (Å²) >= 11 is 0. The summed E-state index contributed by atoms with van der Waals surface area (Å²) in [4.78, 5) is 0. The van der Waals surface area contributed by atoms with Gasteiger partial charge in [0.15, 0.2) is 0 Å². The van der Waals surface area contributed by atoms with Gasteiger partial charge in [0.05, 0.1) is 6.61 Å². The highest BCUT2D eigenvalue weighted by Gasteiger charge is 2.38. The van der Waals surface area contributed by atoms with Gasteiger partial charge in [0.1, 0.15) is 0 Å². The van der Waals surface area contributed by atoms with Crippen LogP contribution in [0.1, 0.15) is 115 Å². The predicted octanol–water partition coefficient (Wildman–Crippen LogP) is 13.4. The standard InChI is InChI=1S/C45H66O/c1-35(2)18-14-21-38(5)24-16-26-39(6)25-15-22-36(3)19-12-13-20-37(4)23-17-27-40(7)29-33-44-42(9)30-32-43(45(44,10)11)31-28-41(8)34-46/h12-13,15,17-20,22-25,27-30,33,43-44,46H,14,16,21,26,31-32,34H2,1-11H3. The van der Waals surface area contributed by atoms with Gasteiger partial charge in [-0.1, -0.05) is 156 Å². The maximum Gasteiger partial charge on any atom is 0.0639 e. The van der Waals surface area contributed by atoms with Crippen LogP contribution in [0.4, 0.5) is 0 Å². The molecular formula is C45H66O. The van der Waals surface area contributed by atoms with Crippen LogP contribution in [0.25, 0.3) is 0 Å². The minimum absolute atomic E-state index is 0.149. The van der Waals surface area contributed by atoms with Crippen LogP contribution in [0, 0.1) is 17.3 Å². The van der Waals surface area contributed by atoms with Gasteiger partial charge >= 0.3 is 0 Å². The Morgan fingerprint density at radius 1 is 0.696 bits per heavy atom. The van der Waals surface area contributed by atoms with Gasteiger partial charge in [-0.3, -0.25) is 0 Å². The third-order valence-corrected chi connectivity index (χ3v) is 9.03.